The number of nitrogens with zero attached hydrogens (tertiary/aromatic N) is 3. The Morgan fingerprint density at radius 3 is 2.82 bits per heavy atom. The third-order valence-corrected chi connectivity index (χ3v) is 3.36. The van der Waals surface area contributed by atoms with Gasteiger partial charge in [0.2, 0.25) is 5.91 Å². The fourth-order valence-electron chi connectivity index (χ4n) is 2.09. The molecule has 1 aromatic rings. The lowest BCUT2D eigenvalue weighted by Gasteiger charge is -2.23. The zero-order valence-corrected chi connectivity index (χ0v) is 12.1. The zero-order valence-electron chi connectivity index (χ0n) is 12.1. The maximum Gasteiger partial charge on any atom is 0.270 e. The number of halogens is 1. The number of nitrogens with one attached hydrogen (secondary N) is 1. The van der Waals surface area contributed by atoms with Crippen LogP contribution in [0.2, 0.25) is 0 Å². The molecule has 1 N–H and O–H groups in total. The van der Waals surface area contributed by atoms with Crippen LogP contribution >= 0.6 is 0 Å². The highest BCUT2D eigenvalue weighted by Crippen LogP contribution is 2.14. The zero-order chi connectivity index (χ0) is 16.1. The Morgan fingerprint density at radius 1 is 1.50 bits per heavy atom. The van der Waals surface area contributed by atoms with Crippen molar-refractivity contribution in [3.05, 3.63) is 35.1 Å². The van der Waals surface area contributed by atoms with Crippen LogP contribution in [0.5, 0.6) is 0 Å². The van der Waals surface area contributed by atoms with Gasteiger partial charge in [-0.05, 0) is 19.1 Å². The molecule has 2 amide bonds. The molecule has 0 aliphatic carbocycles. The van der Waals surface area contributed by atoms with Gasteiger partial charge in [-0.15, -0.1) is 0 Å². The van der Waals surface area contributed by atoms with Crippen LogP contribution in [0.1, 0.15) is 30.9 Å². The minimum absolute atomic E-state index is 0.0832. The fourth-order valence-corrected chi connectivity index (χ4v) is 2.09. The summed E-state index contributed by atoms with van der Waals surface area (Å²) in [5, 5.41) is 12.5. The molecule has 1 aliphatic rings. The van der Waals surface area contributed by atoms with Crippen LogP contribution in [0.3, 0.4) is 0 Å². The molecule has 114 valence electrons. The molecule has 0 spiro atoms. The summed E-state index contributed by atoms with van der Waals surface area (Å²) in [6.45, 7) is 2.24. The molecule has 0 saturated heterocycles. The van der Waals surface area contributed by atoms with Gasteiger partial charge < -0.3 is 4.90 Å². The molecule has 0 fully saturated rings. The summed E-state index contributed by atoms with van der Waals surface area (Å²) in [5.41, 5.74) is 3.09. The van der Waals surface area contributed by atoms with Crippen LogP contribution in [0.4, 0.5) is 4.39 Å². The number of nitriles is 1. The summed E-state index contributed by atoms with van der Waals surface area (Å²) >= 11 is 0. The van der Waals surface area contributed by atoms with Gasteiger partial charge in [-0.2, -0.15) is 10.4 Å². The average Bonchev–Trinajstić information content (AvgIpc) is 2.53. The largest absolute Gasteiger partial charge is 0.333 e. The van der Waals surface area contributed by atoms with Crippen LogP contribution in [0.15, 0.2) is 23.3 Å². The van der Waals surface area contributed by atoms with Gasteiger partial charge in [-0.3, -0.25) is 9.59 Å². The molecule has 1 heterocycles. The van der Waals surface area contributed by atoms with Gasteiger partial charge in [0.1, 0.15) is 11.5 Å². The van der Waals surface area contributed by atoms with E-state index in [1.54, 1.807) is 6.92 Å². The monoisotopic (exact) mass is 302 g/mol. The second-order valence-electron chi connectivity index (χ2n) is 4.83. The Labute approximate surface area is 127 Å². The van der Waals surface area contributed by atoms with Crippen molar-refractivity contribution in [1.82, 2.24) is 10.3 Å². The van der Waals surface area contributed by atoms with E-state index in [0.29, 0.717) is 12.1 Å². The van der Waals surface area contributed by atoms with Crippen molar-refractivity contribution in [2.45, 2.75) is 26.3 Å². The Kier molecular flexibility index (Phi) is 4.84. The molecule has 1 aliphatic heterocycles. The highest BCUT2D eigenvalue weighted by Gasteiger charge is 2.23. The van der Waals surface area contributed by atoms with Crippen LogP contribution < -0.4 is 5.43 Å². The quantitative estimate of drug-likeness (QED) is 0.910. The van der Waals surface area contributed by atoms with Crippen molar-refractivity contribution < 1.29 is 14.0 Å². The summed E-state index contributed by atoms with van der Waals surface area (Å²) in [6.07, 6.45) is 0.490. The number of carbonyl (C=O) groups is 2. The lowest BCUT2D eigenvalue weighted by molar-refractivity contribution is -0.125. The average molecular weight is 302 g/mol. The molecular formula is C15H15FN4O2. The Balaban J connectivity index is 2.14. The topological polar surface area (TPSA) is 85.6 Å². The molecule has 22 heavy (non-hydrogen) atoms. The first kappa shape index (κ1) is 15.6. The molecule has 0 saturated carbocycles. The molecule has 0 radical (unpaired) electrons. The van der Waals surface area contributed by atoms with Crippen molar-refractivity contribution in [2.75, 3.05) is 6.54 Å². The predicted octanol–water partition coefficient (Wildman–Crippen LogP) is 1.31. The van der Waals surface area contributed by atoms with E-state index in [4.69, 9.17) is 5.26 Å². The normalized spacial score (nSPS) is 13.9. The van der Waals surface area contributed by atoms with E-state index in [1.807, 2.05) is 6.07 Å². The molecule has 0 unspecified atom stereocenters. The van der Waals surface area contributed by atoms with E-state index in [-0.39, 0.29) is 42.5 Å². The third kappa shape index (κ3) is 3.47. The van der Waals surface area contributed by atoms with Gasteiger partial charge >= 0.3 is 0 Å². The smallest absolute Gasteiger partial charge is 0.270 e. The number of amides is 2. The standard InChI is InChI=1S/C15H15FN4O2/c1-2-20(15(22)13-5-6-14(21)19-18-13)9-11-4-3-10(8-17)7-12(11)16/h3-4,7H,2,5-6,9H2,1H3,(H,19,21). The minimum Gasteiger partial charge on any atom is -0.333 e. The first-order valence-electron chi connectivity index (χ1n) is 6.88. The maximum atomic E-state index is 13.9. The van der Waals surface area contributed by atoms with Gasteiger partial charge in [-0.25, -0.2) is 9.82 Å². The lowest BCUT2D eigenvalue weighted by Crippen LogP contribution is -2.39. The second-order valence-corrected chi connectivity index (χ2v) is 4.83. The van der Waals surface area contributed by atoms with E-state index in [0.717, 1.165) is 6.07 Å². The number of rotatable bonds is 4. The number of carbonyl (C=O) groups excluding carboxylic acids is 2. The molecule has 0 atom stereocenters. The highest BCUT2D eigenvalue weighted by atomic mass is 19.1. The Hall–Kier alpha value is -2.75. The van der Waals surface area contributed by atoms with E-state index in [9.17, 15) is 14.0 Å². The molecule has 1 aromatic carbocycles. The summed E-state index contributed by atoms with van der Waals surface area (Å²) in [4.78, 5) is 24.8. The number of hydrogen-bond donors (Lipinski definition) is 1. The molecule has 0 bridgehead atoms. The predicted molar refractivity (Wildman–Crippen MR) is 77.0 cm³/mol. The van der Waals surface area contributed by atoms with Gasteiger partial charge in [0.25, 0.3) is 5.91 Å². The van der Waals surface area contributed by atoms with Crippen LogP contribution in [0, 0.1) is 17.1 Å². The molecule has 2 rings (SSSR count). The lowest BCUT2D eigenvalue weighted by atomic mass is 10.1. The van der Waals surface area contributed by atoms with Crippen molar-refractivity contribution in [3.8, 4) is 6.07 Å². The fraction of sp³-hybridized carbons (Fsp3) is 0.333. The molecule has 7 heteroatoms. The van der Waals surface area contributed by atoms with Crippen molar-refractivity contribution in [2.24, 2.45) is 5.10 Å². The second kappa shape index (κ2) is 6.80. The number of hydrogen-bond acceptors (Lipinski definition) is 4. The maximum absolute atomic E-state index is 13.9. The van der Waals surface area contributed by atoms with E-state index in [2.05, 4.69) is 10.5 Å². The highest BCUT2D eigenvalue weighted by molar-refractivity contribution is 6.39. The van der Waals surface area contributed by atoms with Crippen LogP contribution in [-0.2, 0) is 16.1 Å². The number of benzene rings is 1. The minimum atomic E-state index is -0.524. The third-order valence-electron chi connectivity index (χ3n) is 3.36. The van der Waals surface area contributed by atoms with Crippen molar-refractivity contribution >= 4 is 17.5 Å². The van der Waals surface area contributed by atoms with Crippen LogP contribution in [-0.4, -0.2) is 29.0 Å². The SMILES string of the molecule is CCN(Cc1ccc(C#N)cc1F)C(=O)C1=NNC(=O)CC1. The van der Waals surface area contributed by atoms with Gasteiger partial charge in [0, 0.05) is 31.5 Å². The molecule has 0 aromatic heterocycles. The summed E-state index contributed by atoms with van der Waals surface area (Å²) in [6, 6.07) is 6.01. The number of hydrazone groups is 1. The van der Waals surface area contributed by atoms with Crippen molar-refractivity contribution in [1.29, 1.82) is 5.26 Å². The van der Waals surface area contributed by atoms with Crippen molar-refractivity contribution in [3.63, 3.8) is 0 Å². The first-order chi connectivity index (χ1) is 10.5. The van der Waals surface area contributed by atoms with Gasteiger partial charge in [0.15, 0.2) is 0 Å². The van der Waals surface area contributed by atoms with Gasteiger partial charge in [0.05, 0.1) is 11.6 Å². The molecule has 6 nitrogen and oxygen atoms in total. The van der Waals surface area contributed by atoms with E-state index in [1.165, 1.54) is 17.0 Å². The Morgan fingerprint density at radius 2 is 2.27 bits per heavy atom. The molecular weight excluding hydrogens is 287 g/mol. The summed E-state index contributed by atoms with van der Waals surface area (Å²) in [7, 11) is 0. The Bertz CT molecular complexity index is 679. The first-order valence-corrected chi connectivity index (χ1v) is 6.88. The van der Waals surface area contributed by atoms with Gasteiger partial charge in [-0.1, -0.05) is 6.07 Å². The summed E-state index contributed by atoms with van der Waals surface area (Å²) < 4.78 is 13.9. The van der Waals surface area contributed by atoms with E-state index >= 15 is 0 Å². The van der Waals surface area contributed by atoms with Crippen LogP contribution in [0.25, 0.3) is 0 Å². The summed E-state index contributed by atoms with van der Waals surface area (Å²) in [5.74, 6) is -1.08. The van der Waals surface area contributed by atoms with E-state index < -0.39 is 5.82 Å².